The highest BCUT2D eigenvalue weighted by Crippen LogP contribution is 2.24. The fourth-order valence-corrected chi connectivity index (χ4v) is 1.86. The third kappa shape index (κ3) is 2.68. The Hall–Kier alpha value is -1.11. The molecule has 82 valence electrons. The van der Waals surface area contributed by atoms with Crippen molar-refractivity contribution in [1.82, 2.24) is 0 Å². The summed E-state index contributed by atoms with van der Waals surface area (Å²) < 4.78 is 12.9. The van der Waals surface area contributed by atoms with Crippen molar-refractivity contribution in [3.63, 3.8) is 0 Å². The summed E-state index contributed by atoms with van der Waals surface area (Å²) in [5.74, 6) is 0. The SMILES string of the molecule is C=C(C)c1ccc(CC(C)F)c(C)c1C. The van der Waals surface area contributed by atoms with Gasteiger partial charge >= 0.3 is 0 Å². The Labute approximate surface area is 91.8 Å². The first-order chi connectivity index (χ1) is 6.93. The van der Waals surface area contributed by atoms with E-state index >= 15 is 0 Å². The van der Waals surface area contributed by atoms with Gasteiger partial charge in [-0.05, 0) is 49.9 Å². The minimum atomic E-state index is -0.779. The second-order valence-electron chi connectivity index (χ2n) is 4.29. The summed E-state index contributed by atoms with van der Waals surface area (Å²) in [5.41, 5.74) is 5.77. The second-order valence-corrected chi connectivity index (χ2v) is 4.29. The van der Waals surface area contributed by atoms with Gasteiger partial charge in [0.25, 0.3) is 0 Å². The summed E-state index contributed by atoms with van der Waals surface area (Å²) in [7, 11) is 0. The van der Waals surface area contributed by atoms with Gasteiger partial charge < -0.3 is 0 Å². The third-order valence-corrected chi connectivity index (χ3v) is 2.86. The zero-order chi connectivity index (χ0) is 11.6. The van der Waals surface area contributed by atoms with Gasteiger partial charge in [0.05, 0.1) is 0 Å². The lowest BCUT2D eigenvalue weighted by Gasteiger charge is -2.13. The molecule has 0 bridgehead atoms. The highest BCUT2D eigenvalue weighted by atomic mass is 19.1. The van der Waals surface area contributed by atoms with Crippen LogP contribution in [-0.2, 0) is 6.42 Å². The van der Waals surface area contributed by atoms with Crippen LogP contribution in [0.15, 0.2) is 18.7 Å². The topological polar surface area (TPSA) is 0 Å². The van der Waals surface area contributed by atoms with Crippen molar-refractivity contribution in [3.05, 3.63) is 41.0 Å². The van der Waals surface area contributed by atoms with Crippen molar-refractivity contribution in [2.45, 2.75) is 40.3 Å². The van der Waals surface area contributed by atoms with Gasteiger partial charge in [0.1, 0.15) is 6.17 Å². The molecule has 0 amide bonds. The van der Waals surface area contributed by atoms with Crippen molar-refractivity contribution >= 4 is 5.57 Å². The first-order valence-electron chi connectivity index (χ1n) is 5.32. The standard InChI is InChI=1S/C14H19F/c1-9(2)14-7-6-13(8-10(3)15)11(4)12(14)5/h6-7,10H,1,8H2,2-5H3. The van der Waals surface area contributed by atoms with Crippen molar-refractivity contribution in [2.24, 2.45) is 0 Å². The molecule has 1 aromatic rings. The zero-order valence-corrected chi connectivity index (χ0v) is 10.0. The van der Waals surface area contributed by atoms with E-state index in [1.54, 1.807) is 6.92 Å². The summed E-state index contributed by atoms with van der Waals surface area (Å²) in [5, 5.41) is 0. The lowest BCUT2D eigenvalue weighted by molar-refractivity contribution is 0.359. The highest BCUT2D eigenvalue weighted by molar-refractivity contribution is 5.66. The molecule has 0 aliphatic heterocycles. The lowest BCUT2D eigenvalue weighted by atomic mass is 9.93. The van der Waals surface area contributed by atoms with Crippen molar-refractivity contribution in [1.29, 1.82) is 0 Å². The molecule has 0 spiro atoms. The van der Waals surface area contributed by atoms with E-state index in [1.807, 2.05) is 19.1 Å². The van der Waals surface area contributed by atoms with Crippen LogP contribution >= 0.6 is 0 Å². The quantitative estimate of drug-likeness (QED) is 0.694. The Morgan fingerprint density at radius 3 is 2.40 bits per heavy atom. The van der Waals surface area contributed by atoms with Gasteiger partial charge in [-0.2, -0.15) is 0 Å². The van der Waals surface area contributed by atoms with E-state index in [2.05, 4.69) is 20.4 Å². The summed E-state index contributed by atoms with van der Waals surface area (Å²) >= 11 is 0. The second kappa shape index (κ2) is 4.61. The fraction of sp³-hybridized carbons (Fsp3) is 0.429. The van der Waals surface area contributed by atoms with Crippen molar-refractivity contribution < 1.29 is 4.39 Å². The molecular formula is C14H19F. The molecular weight excluding hydrogens is 187 g/mol. The predicted molar refractivity (Wildman–Crippen MR) is 64.9 cm³/mol. The summed E-state index contributed by atoms with van der Waals surface area (Å²) in [6.45, 7) is 11.7. The Morgan fingerprint density at radius 1 is 1.33 bits per heavy atom. The molecule has 0 aliphatic carbocycles. The lowest BCUT2D eigenvalue weighted by Crippen LogP contribution is -2.03. The number of alkyl halides is 1. The van der Waals surface area contributed by atoms with E-state index in [4.69, 9.17) is 0 Å². The van der Waals surface area contributed by atoms with Gasteiger partial charge in [-0.15, -0.1) is 0 Å². The zero-order valence-electron chi connectivity index (χ0n) is 10.0. The minimum Gasteiger partial charge on any atom is -0.247 e. The van der Waals surface area contributed by atoms with Crippen LogP contribution in [0.5, 0.6) is 0 Å². The first kappa shape index (κ1) is 12.0. The smallest absolute Gasteiger partial charge is 0.101 e. The van der Waals surface area contributed by atoms with Crippen LogP contribution in [-0.4, -0.2) is 6.17 Å². The van der Waals surface area contributed by atoms with Crippen molar-refractivity contribution in [3.8, 4) is 0 Å². The summed E-state index contributed by atoms with van der Waals surface area (Å²) in [6.07, 6.45) is -0.276. The van der Waals surface area contributed by atoms with Gasteiger partial charge in [0, 0.05) is 6.42 Å². The molecule has 0 heterocycles. The average Bonchev–Trinajstić information content (AvgIpc) is 2.12. The van der Waals surface area contributed by atoms with Crippen LogP contribution in [0.25, 0.3) is 5.57 Å². The Kier molecular flexibility index (Phi) is 3.67. The van der Waals surface area contributed by atoms with Gasteiger partial charge in [0.15, 0.2) is 0 Å². The van der Waals surface area contributed by atoms with E-state index in [0.29, 0.717) is 6.42 Å². The number of allylic oxidation sites excluding steroid dienone is 1. The molecule has 0 aliphatic rings. The van der Waals surface area contributed by atoms with E-state index < -0.39 is 6.17 Å². The maximum absolute atomic E-state index is 12.9. The van der Waals surface area contributed by atoms with Gasteiger partial charge in [-0.25, -0.2) is 4.39 Å². The van der Waals surface area contributed by atoms with E-state index in [1.165, 1.54) is 16.7 Å². The molecule has 1 heteroatoms. The van der Waals surface area contributed by atoms with Crippen LogP contribution in [0.3, 0.4) is 0 Å². The largest absolute Gasteiger partial charge is 0.247 e. The van der Waals surface area contributed by atoms with Crippen LogP contribution in [0.1, 0.15) is 36.1 Å². The minimum absolute atomic E-state index is 0.503. The van der Waals surface area contributed by atoms with Crippen LogP contribution in [0.2, 0.25) is 0 Å². The Bertz CT molecular complexity index is 375. The molecule has 15 heavy (non-hydrogen) atoms. The van der Waals surface area contributed by atoms with Crippen LogP contribution in [0, 0.1) is 13.8 Å². The summed E-state index contributed by atoms with van der Waals surface area (Å²) in [4.78, 5) is 0. The first-order valence-corrected chi connectivity index (χ1v) is 5.32. The molecule has 0 saturated heterocycles. The molecule has 1 unspecified atom stereocenters. The molecule has 0 nitrogen and oxygen atoms in total. The van der Waals surface area contributed by atoms with Crippen LogP contribution < -0.4 is 0 Å². The van der Waals surface area contributed by atoms with E-state index in [0.717, 1.165) is 11.1 Å². The molecule has 1 atom stereocenters. The molecule has 1 aromatic carbocycles. The molecule has 0 fully saturated rings. The number of halogens is 1. The predicted octanol–water partition coefficient (Wildman–Crippen LogP) is 4.24. The maximum atomic E-state index is 12.9. The Balaban J connectivity index is 3.15. The van der Waals surface area contributed by atoms with Crippen molar-refractivity contribution in [2.75, 3.05) is 0 Å². The third-order valence-electron chi connectivity index (χ3n) is 2.86. The highest BCUT2D eigenvalue weighted by Gasteiger charge is 2.09. The van der Waals surface area contributed by atoms with Crippen LogP contribution in [0.4, 0.5) is 4.39 Å². The monoisotopic (exact) mass is 206 g/mol. The Morgan fingerprint density at radius 2 is 1.93 bits per heavy atom. The molecule has 0 saturated carbocycles. The number of rotatable bonds is 3. The van der Waals surface area contributed by atoms with Gasteiger partial charge in [0.2, 0.25) is 0 Å². The number of hydrogen-bond donors (Lipinski definition) is 0. The molecule has 0 radical (unpaired) electrons. The summed E-state index contributed by atoms with van der Waals surface area (Å²) in [6, 6.07) is 4.06. The maximum Gasteiger partial charge on any atom is 0.101 e. The molecule has 0 aromatic heterocycles. The number of benzene rings is 1. The van der Waals surface area contributed by atoms with E-state index in [-0.39, 0.29) is 0 Å². The molecule has 1 rings (SSSR count). The van der Waals surface area contributed by atoms with E-state index in [9.17, 15) is 4.39 Å². The fourth-order valence-electron chi connectivity index (χ4n) is 1.86. The molecule has 0 N–H and O–H groups in total. The number of hydrogen-bond acceptors (Lipinski definition) is 0. The average molecular weight is 206 g/mol. The normalized spacial score (nSPS) is 12.6. The van der Waals surface area contributed by atoms with Gasteiger partial charge in [-0.3, -0.25) is 0 Å². The van der Waals surface area contributed by atoms with Gasteiger partial charge in [-0.1, -0.05) is 24.3 Å².